The minimum atomic E-state index is -0.619. The number of hydrogen-bond donors (Lipinski definition) is 0. The summed E-state index contributed by atoms with van der Waals surface area (Å²) < 4.78 is 26.4. The van der Waals surface area contributed by atoms with Crippen molar-refractivity contribution in [1.82, 2.24) is 0 Å². The van der Waals surface area contributed by atoms with Crippen LogP contribution >= 0.6 is 0 Å². The van der Waals surface area contributed by atoms with Crippen molar-refractivity contribution in [1.29, 1.82) is 0 Å². The summed E-state index contributed by atoms with van der Waals surface area (Å²) in [5, 5.41) is 8.36. The molecule has 7 aromatic rings. The Kier molecular flexibility index (Phi) is 4.47. The van der Waals surface area contributed by atoms with Crippen LogP contribution in [-0.2, 0) is 0 Å². The molecule has 6 heteroatoms. The van der Waals surface area contributed by atoms with Gasteiger partial charge in [-0.2, -0.15) is 0 Å². The van der Waals surface area contributed by atoms with Crippen LogP contribution in [0.5, 0.6) is 23.0 Å². The molecule has 0 saturated heterocycles. The third-order valence-electron chi connectivity index (χ3n) is 8.08. The largest absolute Gasteiger partial charge is 0.633 e. The highest BCUT2D eigenvalue weighted by molar-refractivity contribution is 6.74. The van der Waals surface area contributed by atoms with Gasteiger partial charge in [0.05, 0.1) is 10.8 Å². The van der Waals surface area contributed by atoms with Gasteiger partial charge in [-0.05, 0) is 56.6 Å². The second-order valence-electron chi connectivity index (χ2n) is 10.3. The van der Waals surface area contributed by atoms with Gasteiger partial charge in [-0.15, -0.1) is 0 Å². The maximum Gasteiger partial charge on any atom is 0.633 e. The van der Waals surface area contributed by atoms with Gasteiger partial charge in [0.1, 0.15) is 23.0 Å². The van der Waals surface area contributed by atoms with E-state index in [1.165, 1.54) is 0 Å². The molecule has 0 amide bonds. The predicted octanol–water partition coefficient (Wildman–Crippen LogP) is 6.63. The van der Waals surface area contributed by atoms with Crippen molar-refractivity contribution >= 4 is 68.3 Å². The summed E-state index contributed by atoms with van der Waals surface area (Å²) in [6.45, 7) is 0. The number of rotatable bonds is 2. The Morgan fingerprint density at radius 2 is 0.625 bits per heavy atom. The van der Waals surface area contributed by atoms with Crippen LogP contribution in [0.25, 0.3) is 43.1 Å². The van der Waals surface area contributed by atoms with Crippen molar-refractivity contribution in [2.24, 2.45) is 0 Å². The molecule has 0 fully saturated rings. The molecule has 2 heterocycles. The van der Waals surface area contributed by atoms with Crippen LogP contribution in [0.3, 0.4) is 0 Å². The van der Waals surface area contributed by atoms with Crippen LogP contribution in [-0.4, -0.2) is 14.2 Å². The molecule has 4 nitrogen and oxygen atoms in total. The average molecular weight is 514 g/mol. The minimum absolute atomic E-state index is 0.619. The number of fused-ring (bicyclic) bond motifs is 2. The molecular weight excluding hydrogens is 494 g/mol. The zero-order valence-electron chi connectivity index (χ0n) is 21.3. The lowest BCUT2D eigenvalue weighted by Crippen LogP contribution is -2.49. The van der Waals surface area contributed by atoms with Crippen molar-refractivity contribution in [3.63, 3.8) is 0 Å². The zero-order valence-corrected chi connectivity index (χ0v) is 21.3. The SMILES string of the molecule is c1cc2c3c(cccc3c1)OB(c1c3ccccc3c(B3Oc4cccc5cccc(c45)O3)c3ccccc13)O2. The predicted molar refractivity (Wildman–Crippen MR) is 163 cm³/mol. The Labute approximate surface area is 230 Å². The van der Waals surface area contributed by atoms with Gasteiger partial charge in [0.2, 0.25) is 0 Å². The fourth-order valence-electron chi connectivity index (χ4n) is 6.39. The summed E-state index contributed by atoms with van der Waals surface area (Å²) in [6, 6.07) is 41.2. The Bertz CT molecular complexity index is 1870. The molecule has 0 saturated carbocycles. The van der Waals surface area contributed by atoms with Gasteiger partial charge < -0.3 is 18.6 Å². The monoisotopic (exact) mass is 514 g/mol. The standard InChI is InChI=1S/C34H20B2O4/c1-2-14-24-23(13-1)33(35-37-27-17-5-9-21-10-6-18-28(38-35)31(21)27)25-15-3-4-16-26(25)34(24)36-39-29-19-7-11-22-12-8-20-30(40-36)32(22)29/h1-20H. The lowest BCUT2D eigenvalue weighted by Gasteiger charge is -2.29. The summed E-state index contributed by atoms with van der Waals surface area (Å²) in [5.74, 6) is 3.30. The molecule has 40 heavy (non-hydrogen) atoms. The van der Waals surface area contributed by atoms with Crippen LogP contribution in [0.4, 0.5) is 0 Å². The van der Waals surface area contributed by atoms with E-state index in [0.717, 1.165) is 77.0 Å². The molecule has 186 valence electrons. The average Bonchev–Trinajstić information content (AvgIpc) is 3.00. The summed E-state index contributed by atoms with van der Waals surface area (Å²) in [5.41, 5.74) is 1.97. The highest BCUT2D eigenvalue weighted by atomic mass is 16.6. The van der Waals surface area contributed by atoms with Crippen LogP contribution < -0.4 is 29.5 Å². The molecule has 2 aliphatic heterocycles. The Morgan fingerprint density at radius 3 is 0.925 bits per heavy atom. The van der Waals surface area contributed by atoms with E-state index in [-0.39, 0.29) is 0 Å². The molecular formula is C34H20B2O4. The molecule has 0 N–H and O–H groups in total. The Morgan fingerprint density at radius 1 is 0.325 bits per heavy atom. The Balaban J connectivity index is 1.27. The van der Waals surface area contributed by atoms with E-state index in [9.17, 15) is 0 Å². The van der Waals surface area contributed by atoms with E-state index in [2.05, 4.69) is 72.8 Å². The smallest absolute Gasteiger partial charge is 0.521 e. The van der Waals surface area contributed by atoms with Crippen LogP contribution in [0, 0.1) is 0 Å². The van der Waals surface area contributed by atoms with E-state index in [1.54, 1.807) is 0 Å². The van der Waals surface area contributed by atoms with Gasteiger partial charge in [-0.1, -0.05) is 97.1 Å². The van der Waals surface area contributed by atoms with Crippen molar-refractivity contribution in [3.8, 4) is 23.0 Å². The molecule has 9 rings (SSSR count). The number of hydrogen-bond acceptors (Lipinski definition) is 4. The van der Waals surface area contributed by atoms with Gasteiger partial charge >= 0.3 is 14.2 Å². The first kappa shape index (κ1) is 21.8. The normalized spacial score (nSPS) is 13.7. The molecule has 0 radical (unpaired) electrons. The molecule has 2 aliphatic rings. The van der Waals surface area contributed by atoms with E-state index < -0.39 is 14.2 Å². The maximum absolute atomic E-state index is 6.59. The van der Waals surface area contributed by atoms with E-state index in [1.807, 2.05) is 48.5 Å². The molecule has 0 aliphatic carbocycles. The summed E-state index contributed by atoms with van der Waals surface area (Å²) in [4.78, 5) is 0. The molecule has 0 spiro atoms. The highest BCUT2D eigenvalue weighted by Gasteiger charge is 2.40. The molecule has 0 unspecified atom stereocenters. The first-order valence-electron chi connectivity index (χ1n) is 13.5. The molecule has 0 aromatic heterocycles. The lowest BCUT2D eigenvalue weighted by molar-refractivity contribution is 0.428. The van der Waals surface area contributed by atoms with Crippen molar-refractivity contribution in [3.05, 3.63) is 121 Å². The number of benzene rings is 7. The summed E-state index contributed by atoms with van der Waals surface area (Å²) in [7, 11) is -1.24. The summed E-state index contributed by atoms with van der Waals surface area (Å²) in [6.07, 6.45) is 0. The lowest BCUT2D eigenvalue weighted by atomic mass is 9.65. The zero-order chi connectivity index (χ0) is 26.2. The Hall–Kier alpha value is -5.09. The van der Waals surface area contributed by atoms with Crippen LogP contribution in [0.2, 0.25) is 0 Å². The second-order valence-corrected chi connectivity index (χ2v) is 10.3. The highest BCUT2D eigenvalue weighted by Crippen LogP contribution is 2.40. The first-order chi connectivity index (χ1) is 19.8. The van der Waals surface area contributed by atoms with Gasteiger partial charge in [0.15, 0.2) is 0 Å². The third kappa shape index (κ3) is 3.04. The van der Waals surface area contributed by atoms with E-state index in [0.29, 0.717) is 0 Å². The maximum atomic E-state index is 6.59. The molecule has 7 aromatic carbocycles. The second kappa shape index (κ2) is 8.20. The molecule has 0 bridgehead atoms. The minimum Gasteiger partial charge on any atom is -0.521 e. The van der Waals surface area contributed by atoms with Crippen molar-refractivity contribution in [2.45, 2.75) is 0 Å². The van der Waals surface area contributed by atoms with Gasteiger partial charge in [-0.3, -0.25) is 0 Å². The fraction of sp³-hybridized carbons (Fsp3) is 0. The summed E-state index contributed by atoms with van der Waals surface area (Å²) >= 11 is 0. The van der Waals surface area contributed by atoms with Crippen LogP contribution in [0.1, 0.15) is 0 Å². The quantitative estimate of drug-likeness (QED) is 0.192. The van der Waals surface area contributed by atoms with Gasteiger partial charge in [0.25, 0.3) is 0 Å². The van der Waals surface area contributed by atoms with Gasteiger partial charge in [0, 0.05) is 10.9 Å². The fourth-order valence-corrected chi connectivity index (χ4v) is 6.39. The van der Waals surface area contributed by atoms with Crippen LogP contribution in [0.15, 0.2) is 121 Å². The van der Waals surface area contributed by atoms with Crippen molar-refractivity contribution in [2.75, 3.05) is 0 Å². The topological polar surface area (TPSA) is 36.9 Å². The molecule has 0 atom stereocenters. The van der Waals surface area contributed by atoms with Crippen molar-refractivity contribution < 1.29 is 18.6 Å². The van der Waals surface area contributed by atoms with E-state index in [4.69, 9.17) is 18.6 Å². The van der Waals surface area contributed by atoms with Gasteiger partial charge in [-0.25, -0.2) is 0 Å². The third-order valence-corrected chi connectivity index (χ3v) is 8.08. The first-order valence-corrected chi connectivity index (χ1v) is 13.5. The van der Waals surface area contributed by atoms with E-state index >= 15 is 0 Å².